The van der Waals surface area contributed by atoms with Crippen molar-refractivity contribution in [2.24, 2.45) is 4.99 Å². The third kappa shape index (κ3) is 9.74. The fraction of sp³-hybridized carbons (Fsp3) is 0.950. The summed E-state index contributed by atoms with van der Waals surface area (Å²) in [6.45, 7) is 17.9. The number of hydrogen-bond donors (Lipinski definition) is 2. The van der Waals surface area contributed by atoms with Gasteiger partial charge in [0.15, 0.2) is 5.96 Å². The van der Waals surface area contributed by atoms with Crippen molar-refractivity contribution in [1.82, 2.24) is 20.4 Å². The summed E-state index contributed by atoms with van der Waals surface area (Å²) in [6, 6.07) is 1.95. The predicted octanol–water partition coefficient (Wildman–Crippen LogP) is 2.16. The number of guanidine groups is 1. The topological polar surface area (TPSA) is 52.1 Å². The largest absolute Gasteiger partial charge is 0.383 e. The summed E-state index contributed by atoms with van der Waals surface area (Å²) in [5, 5.41) is 6.85. The van der Waals surface area contributed by atoms with Crippen LogP contribution >= 0.6 is 0 Å². The number of nitrogens with one attached hydrogen (secondary N) is 2. The van der Waals surface area contributed by atoms with Gasteiger partial charge in [-0.05, 0) is 53.9 Å². The molecule has 1 aliphatic rings. The summed E-state index contributed by atoms with van der Waals surface area (Å²) < 4.78 is 5.23. The molecule has 6 nitrogen and oxygen atoms in total. The van der Waals surface area contributed by atoms with Crippen LogP contribution < -0.4 is 10.6 Å². The second kappa shape index (κ2) is 13.3. The van der Waals surface area contributed by atoms with E-state index in [2.05, 4.69) is 55.1 Å². The molecule has 6 heteroatoms. The lowest BCUT2D eigenvalue weighted by Gasteiger charge is -2.30. The highest BCUT2D eigenvalue weighted by Crippen LogP contribution is 2.25. The lowest BCUT2D eigenvalue weighted by atomic mass is 10.2. The third-order valence-electron chi connectivity index (χ3n) is 4.85. The summed E-state index contributed by atoms with van der Waals surface area (Å²) >= 11 is 0. The Kier molecular flexibility index (Phi) is 11.9. The molecule has 0 aromatic carbocycles. The van der Waals surface area contributed by atoms with Crippen molar-refractivity contribution >= 4 is 5.96 Å². The Bertz CT molecular complexity index is 374. The standard InChI is InChI=1S/C20H43N5O/c1-7-21-20(22-11-8-13-25(17(2)3)18(4)5)23-12-14-24(15-16-26-6)19-9-10-19/h17-19H,7-16H2,1-6H3,(H2,21,22,23). The monoisotopic (exact) mass is 369 g/mol. The molecule has 0 aromatic heterocycles. The van der Waals surface area contributed by atoms with E-state index in [0.29, 0.717) is 12.1 Å². The molecular formula is C20H43N5O. The van der Waals surface area contributed by atoms with E-state index >= 15 is 0 Å². The molecule has 26 heavy (non-hydrogen) atoms. The number of hydrogen-bond acceptors (Lipinski definition) is 4. The first-order valence-corrected chi connectivity index (χ1v) is 10.5. The van der Waals surface area contributed by atoms with Gasteiger partial charge in [-0.1, -0.05) is 0 Å². The molecule has 1 rings (SSSR count). The van der Waals surface area contributed by atoms with Crippen LogP contribution in [0.15, 0.2) is 4.99 Å². The molecule has 1 saturated carbocycles. The lowest BCUT2D eigenvalue weighted by Crippen LogP contribution is -2.43. The van der Waals surface area contributed by atoms with Crippen LogP contribution in [-0.2, 0) is 4.74 Å². The zero-order valence-electron chi connectivity index (χ0n) is 18.1. The lowest BCUT2D eigenvalue weighted by molar-refractivity contribution is 0.144. The first-order valence-electron chi connectivity index (χ1n) is 10.5. The Morgan fingerprint density at radius 2 is 1.77 bits per heavy atom. The van der Waals surface area contributed by atoms with Crippen LogP contribution in [-0.4, -0.2) is 86.9 Å². The van der Waals surface area contributed by atoms with Gasteiger partial charge in [0.2, 0.25) is 0 Å². The van der Waals surface area contributed by atoms with Gasteiger partial charge >= 0.3 is 0 Å². The maximum atomic E-state index is 5.23. The molecule has 0 unspecified atom stereocenters. The zero-order chi connectivity index (χ0) is 19.4. The molecule has 1 aliphatic carbocycles. The van der Waals surface area contributed by atoms with Gasteiger partial charge in [-0.15, -0.1) is 0 Å². The number of nitrogens with zero attached hydrogens (tertiary/aromatic N) is 3. The highest BCUT2D eigenvalue weighted by molar-refractivity contribution is 5.79. The van der Waals surface area contributed by atoms with Crippen molar-refractivity contribution in [2.45, 2.75) is 72.0 Å². The summed E-state index contributed by atoms with van der Waals surface area (Å²) in [7, 11) is 1.78. The van der Waals surface area contributed by atoms with E-state index in [-0.39, 0.29) is 0 Å². The van der Waals surface area contributed by atoms with E-state index in [1.165, 1.54) is 12.8 Å². The smallest absolute Gasteiger partial charge is 0.191 e. The molecule has 2 N–H and O–H groups in total. The molecule has 0 spiro atoms. The Morgan fingerprint density at radius 3 is 2.31 bits per heavy atom. The van der Waals surface area contributed by atoms with Crippen LogP contribution in [0.5, 0.6) is 0 Å². The summed E-state index contributed by atoms with van der Waals surface area (Å²) in [6.07, 6.45) is 3.76. The van der Waals surface area contributed by atoms with Crippen LogP contribution in [0, 0.1) is 0 Å². The fourth-order valence-electron chi connectivity index (χ4n) is 3.34. The first kappa shape index (κ1) is 23.2. The minimum Gasteiger partial charge on any atom is -0.383 e. The average Bonchev–Trinajstić information content (AvgIpc) is 3.41. The second-order valence-electron chi connectivity index (χ2n) is 7.73. The van der Waals surface area contributed by atoms with Crippen LogP contribution in [0.2, 0.25) is 0 Å². The van der Waals surface area contributed by atoms with Crippen LogP contribution in [0.3, 0.4) is 0 Å². The predicted molar refractivity (Wildman–Crippen MR) is 112 cm³/mol. The van der Waals surface area contributed by atoms with Crippen LogP contribution in [0.1, 0.15) is 53.9 Å². The molecule has 0 atom stereocenters. The van der Waals surface area contributed by atoms with E-state index in [0.717, 1.165) is 64.3 Å². The molecule has 0 bridgehead atoms. The maximum Gasteiger partial charge on any atom is 0.191 e. The minimum atomic E-state index is 0.589. The maximum absolute atomic E-state index is 5.23. The van der Waals surface area contributed by atoms with E-state index in [4.69, 9.17) is 9.73 Å². The summed E-state index contributed by atoms with van der Waals surface area (Å²) in [5.74, 6) is 0.940. The molecule has 0 heterocycles. The van der Waals surface area contributed by atoms with Gasteiger partial charge in [0.25, 0.3) is 0 Å². The highest BCUT2D eigenvalue weighted by atomic mass is 16.5. The summed E-state index contributed by atoms with van der Waals surface area (Å²) in [5.41, 5.74) is 0. The highest BCUT2D eigenvalue weighted by Gasteiger charge is 2.28. The molecule has 0 amide bonds. The fourth-order valence-corrected chi connectivity index (χ4v) is 3.34. The van der Waals surface area contributed by atoms with Gasteiger partial charge in [-0.2, -0.15) is 0 Å². The van der Waals surface area contributed by atoms with Gasteiger partial charge in [-0.25, -0.2) is 0 Å². The van der Waals surface area contributed by atoms with Crippen molar-refractivity contribution in [2.75, 3.05) is 53.0 Å². The third-order valence-corrected chi connectivity index (χ3v) is 4.85. The Morgan fingerprint density at radius 1 is 1.08 bits per heavy atom. The molecule has 1 fully saturated rings. The molecule has 0 aliphatic heterocycles. The van der Waals surface area contributed by atoms with E-state index in [9.17, 15) is 0 Å². The van der Waals surface area contributed by atoms with Gasteiger partial charge in [0.1, 0.15) is 0 Å². The second-order valence-corrected chi connectivity index (χ2v) is 7.73. The van der Waals surface area contributed by atoms with Gasteiger partial charge in [0.05, 0.1) is 6.61 Å². The molecule has 154 valence electrons. The summed E-state index contributed by atoms with van der Waals surface area (Å²) in [4.78, 5) is 9.81. The molecule has 0 radical (unpaired) electrons. The zero-order valence-corrected chi connectivity index (χ0v) is 18.1. The molecular weight excluding hydrogens is 326 g/mol. The van der Waals surface area contributed by atoms with E-state index < -0.39 is 0 Å². The number of rotatable bonds is 14. The van der Waals surface area contributed by atoms with Crippen molar-refractivity contribution in [3.05, 3.63) is 0 Å². The average molecular weight is 370 g/mol. The van der Waals surface area contributed by atoms with Gasteiger partial charge in [0, 0.05) is 64.5 Å². The van der Waals surface area contributed by atoms with E-state index in [1.807, 2.05) is 0 Å². The quantitative estimate of drug-likeness (QED) is 0.279. The van der Waals surface area contributed by atoms with E-state index in [1.54, 1.807) is 7.11 Å². The molecule has 0 saturated heterocycles. The Labute approximate surface area is 161 Å². The van der Waals surface area contributed by atoms with Crippen molar-refractivity contribution in [3.8, 4) is 0 Å². The Balaban J connectivity index is 2.33. The number of aliphatic imine (C=N–C) groups is 1. The van der Waals surface area contributed by atoms with Gasteiger partial charge in [-0.3, -0.25) is 14.8 Å². The minimum absolute atomic E-state index is 0.589. The van der Waals surface area contributed by atoms with Crippen molar-refractivity contribution in [1.29, 1.82) is 0 Å². The SMILES string of the molecule is CCNC(=NCCCN(C(C)C)C(C)C)NCCN(CCOC)C1CC1. The normalized spacial score (nSPS) is 15.5. The van der Waals surface area contributed by atoms with Crippen molar-refractivity contribution in [3.63, 3.8) is 0 Å². The number of ether oxygens (including phenoxy) is 1. The first-order chi connectivity index (χ1) is 12.5. The number of methoxy groups -OCH3 is 1. The van der Waals surface area contributed by atoms with Crippen molar-refractivity contribution < 1.29 is 4.74 Å². The molecule has 0 aromatic rings. The van der Waals surface area contributed by atoms with Gasteiger partial charge < -0.3 is 15.4 Å². The van der Waals surface area contributed by atoms with Crippen LogP contribution in [0.4, 0.5) is 0 Å². The van der Waals surface area contributed by atoms with Crippen LogP contribution in [0.25, 0.3) is 0 Å². The Hall–Kier alpha value is -0.850.